The van der Waals surface area contributed by atoms with E-state index in [1.54, 1.807) is 24.3 Å². The van der Waals surface area contributed by atoms with Crippen LogP contribution in [-0.2, 0) is 14.4 Å². The van der Waals surface area contributed by atoms with Crippen LogP contribution in [0.5, 0.6) is 23.0 Å². The SMILES string of the molecule is COc1ccc(OCC(=O)N/N=C/c2ccc(OCC(=O)O)cc2OCC(=O)O)cc1. The summed E-state index contributed by atoms with van der Waals surface area (Å²) < 4.78 is 20.6. The summed E-state index contributed by atoms with van der Waals surface area (Å²) in [6, 6.07) is 10.9. The molecule has 11 nitrogen and oxygen atoms in total. The summed E-state index contributed by atoms with van der Waals surface area (Å²) >= 11 is 0. The zero-order valence-corrected chi connectivity index (χ0v) is 16.4. The molecule has 0 saturated heterocycles. The molecule has 0 radical (unpaired) electrons. The van der Waals surface area contributed by atoms with Crippen LogP contribution in [0, 0.1) is 0 Å². The molecule has 3 N–H and O–H groups in total. The molecule has 0 aliphatic rings. The summed E-state index contributed by atoms with van der Waals surface area (Å²) in [4.78, 5) is 33.2. The lowest BCUT2D eigenvalue weighted by Gasteiger charge is -2.10. The van der Waals surface area contributed by atoms with Crippen molar-refractivity contribution < 1.29 is 43.5 Å². The second-order valence-corrected chi connectivity index (χ2v) is 5.82. The second-order valence-electron chi connectivity index (χ2n) is 5.82. The van der Waals surface area contributed by atoms with Gasteiger partial charge < -0.3 is 29.2 Å². The first-order chi connectivity index (χ1) is 14.9. The van der Waals surface area contributed by atoms with E-state index < -0.39 is 31.1 Å². The van der Waals surface area contributed by atoms with Crippen molar-refractivity contribution in [2.45, 2.75) is 0 Å². The summed E-state index contributed by atoms with van der Waals surface area (Å²) in [5, 5.41) is 21.3. The van der Waals surface area contributed by atoms with Gasteiger partial charge in [-0.3, -0.25) is 4.79 Å². The molecule has 0 bridgehead atoms. The van der Waals surface area contributed by atoms with Gasteiger partial charge in [0.2, 0.25) is 0 Å². The second kappa shape index (κ2) is 11.7. The van der Waals surface area contributed by atoms with E-state index in [0.29, 0.717) is 17.1 Å². The van der Waals surface area contributed by atoms with E-state index in [-0.39, 0.29) is 18.1 Å². The number of carboxylic acid groups (broad SMARTS) is 2. The number of aliphatic carboxylic acids is 2. The maximum Gasteiger partial charge on any atom is 0.341 e. The van der Waals surface area contributed by atoms with Gasteiger partial charge in [-0.2, -0.15) is 5.10 Å². The standard InChI is InChI=1S/C20H20N2O9/c1-28-14-4-6-15(7-5-14)29-10-18(23)22-21-9-13-2-3-16(30-11-19(24)25)8-17(13)31-12-20(26)27/h2-9H,10-12H2,1H3,(H,22,23)(H,24,25)(H,26,27)/b21-9+. The molecule has 0 aliphatic carbocycles. The van der Waals surface area contributed by atoms with E-state index in [0.717, 1.165) is 0 Å². The largest absolute Gasteiger partial charge is 0.497 e. The van der Waals surface area contributed by atoms with E-state index in [1.807, 2.05) is 0 Å². The Kier molecular flexibility index (Phi) is 8.65. The summed E-state index contributed by atoms with van der Waals surface area (Å²) in [5.41, 5.74) is 2.60. The molecule has 0 fully saturated rings. The van der Waals surface area contributed by atoms with Gasteiger partial charge in [-0.15, -0.1) is 0 Å². The molecule has 164 valence electrons. The maximum absolute atomic E-state index is 11.9. The predicted octanol–water partition coefficient (Wildman–Crippen LogP) is 1.15. The number of carbonyl (C=O) groups excluding carboxylic acids is 1. The molecule has 1 amide bonds. The van der Waals surface area contributed by atoms with Crippen LogP contribution in [-0.4, -0.2) is 61.2 Å². The molecule has 0 unspecified atom stereocenters. The normalized spacial score (nSPS) is 10.4. The summed E-state index contributed by atoms with van der Waals surface area (Å²) in [5.74, 6) is -1.53. The Morgan fingerprint density at radius 3 is 2.10 bits per heavy atom. The third-order valence-corrected chi connectivity index (χ3v) is 3.52. The van der Waals surface area contributed by atoms with E-state index >= 15 is 0 Å². The van der Waals surface area contributed by atoms with Gasteiger partial charge in [-0.1, -0.05) is 0 Å². The van der Waals surface area contributed by atoms with Crippen LogP contribution in [0.1, 0.15) is 5.56 Å². The fraction of sp³-hybridized carbons (Fsp3) is 0.200. The minimum absolute atomic E-state index is 0.0813. The number of carbonyl (C=O) groups is 3. The van der Waals surface area contributed by atoms with Crippen molar-refractivity contribution in [2.75, 3.05) is 26.9 Å². The summed E-state index contributed by atoms with van der Waals surface area (Å²) in [6.07, 6.45) is 1.24. The smallest absolute Gasteiger partial charge is 0.341 e. The van der Waals surface area contributed by atoms with Gasteiger partial charge in [-0.25, -0.2) is 15.0 Å². The maximum atomic E-state index is 11.9. The minimum Gasteiger partial charge on any atom is -0.497 e. The third kappa shape index (κ3) is 8.31. The molecular weight excluding hydrogens is 412 g/mol. The Labute approximate surface area is 176 Å². The Morgan fingerprint density at radius 1 is 0.871 bits per heavy atom. The Bertz CT molecular complexity index is 942. The number of hydrogen-bond acceptors (Lipinski definition) is 8. The van der Waals surface area contributed by atoms with Crippen molar-refractivity contribution in [3.8, 4) is 23.0 Å². The number of ether oxygens (including phenoxy) is 4. The highest BCUT2D eigenvalue weighted by Crippen LogP contribution is 2.24. The Morgan fingerprint density at radius 2 is 1.45 bits per heavy atom. The third-order valence-electron chi connectivity index (χ3n) is 3.52. The molecule has 2 rings (SSSR count). The molecule has 2 aromatic rings. The fourth-order valence-corrected chi connectivity index (χ4v) is 2.15. The van der Waals surface area contributed by atoms with Crippen molar-refractivity contribution >= 4 is 24.1 Å². The molecule has 2 aromatic carbocycles. The summed E-state index contributed by atoms with van der Waals surface area (Å²) in [6.45, 7) is -1.49. The Balaban J connectivity index is 1.95. The molecule has 0 spiro atoms. The van der Waals surface area contributed by atoms with Gasteiger partial charge in [0.15, 0.2) is 19.8 Å². The van der Waals surface area contributed by atoms with Crippen LogP contribution in [0.25, 0.3) is 0 Å². The highest BCUT2D eigenvalue weighted by atomic mass is 16.5. The molecule has 0 atom stereocenters. The van der Waals surface area contributed by atoms with Crippen molar-refractivity contribution in [2.24, 2.45) is 5.10 Å². The van der Waals surface area contributed by atoms with Gasteiger partial charge in [0.1, 0.15) is 23.0 Å². The average Bonchev–Trinajstić information content (AvgIpc) is 2.76. The minimum atomic E-state index is -1.20. The molecule has 11 heteroatoms. The number of benzene rings is 2. The van der Waals surface area contributed by atoms with Gasteiger partial charge in [0.05, 0.1) is 13.3 Å². The first-order valence-electron chi connectivity index (χ1n) is 8.79. The highest BCUT2D eigenvalue weighted by Gasteiger charge is 2.09. The van der Waals surface area contributed by atoms with Gasteiger partial charge in [0.25, 0.3) is 5.91 Å². The first kappa shape index (κ1) is 23.0. The monoisotopic (exact) mass is 432 g/mol. The Hall–Kier alpha value is -4.28. The lowest BCUT2D eigenvalue weighted by atomic mass is 10.2. The molecule has 0 aromatic heterocycles. The van der Waals surface area contributed by atoms with Gasteiger partial charge >= 0.3 is 11.9 Å². The number of rotatable bonds is 12. The van der Waals surface area contributed by atoms with Crippen molar-refractivity contribution in [1.82, 2.24) is 5.43 Å². The van der Waals surface area contributed by atoms with Crippen LogP contribution in [0.2, 0.25) is 0 Å². The van der Waals surface area contributed by atoms with Crippen molar-refractivity contribution in [1.29, 1.82) is 0 Å². The number of nitrogens with zero attached hydrogens (tertiary/aromatic N) is 1. The van der Waals surface area contributed by atoms with E-state index in [9.17, 15) is 14.4 Å². The van der Waals surface area contributed by atoms with E-state index in [2.05, 4.69) is 10.5 Å². The van der Waals surface area contributed by atoms with E-state index in [4.69, 9.17) is 29.2 Å². The highest BCUT2D eigenvalue weighted by molar-refractivity contribution is 5.86. The first-order valence-corrected chi connectivity index (χ1v) is 8.79. The van der Waals surface area contributed by atoms with Crippen LogP contribution in [0.15, 0.2) is 47.6 Å². The number of nitrogens with one attached hydrogen (secondary N) is 1. The average molecular weight is 432 g/mol. The summed E-state index contributed by atoms with van der Waals surface area (Å²) in [7, 11) is 1.54. The van der Waals surface area contributed by atoms with Crippen LogP contribution in [0.3, 0.4) is 0 Å². The number of carboxylic acids is 2. The van der Waals surface area contributed by atoms with Crippen molar-refractivity contribution in [3.05, 3.63) is 48.0 Å². The molecular formula is C20H20N2O9. The van der Waals surface area contributed by atoms with Crippen molar-refractivity contribution in [3.63, 3.8) is 0 Å². The number of methoxy groups -OCH3 is 1. The van der Waals surface area contributed by atoms with Crippen LogP contribution < -0.4 is 24.4 Å². The quantitative estimate of drug-likeness (QED) is 0.331. The molecule has 0 aliphatic heterocycles. The lowest BCUT2D eigenvalue weighted by Crippen LogP contribution is -2.24. The van der Waals surface area contributed by atoms with Gasteiger partial charge in [0, 0.05) is 11.6 Å². The van der Waals surface area contributed by atoms with Crippen LogP contribution >= 0.6 is 0 Å². The van der Waals surface area contributed by atoms with E-state index in [1.165, 1.54) is 31.5 Å². The van der Waals surface area contributed by atoms with Crippen LogP contribution in [0.4, 0.5) is 0 Å². The predicted molar refractivity (Wildman–Crippen MR) is 107 cm³/mol. The zero-order chi connectivity index (χ0) is 22.6. The number of hydrazone groups is 1. The van der Waals surface area contributed by atoms with Gasteiger partial charge in [-0.05, 0) is 36.4 Å². The number of amides is 1. The molecule has 0 heterocycles. The number of hydrogen-bond donors (Lipinski definition) is 3. The topological polar surface area (TPSA) is 153 Å². The molecule has 31 heavy (non-hydrogen) atoms. The fourth-order valence-electron chi connectivity index (χ4n) is 2.15. The lowest BCUT2D eigenvalue weighted by molar-refractivity contribution is -0.140. The molecule has 0 saturated carbocycles. The zero-order valence-electron chi connectivity index (χ0n) is 16.4.